The van der Waals surface area contributed by atoms with Gasteiger partial charge in [0.15, 0.2) is 0 Å². The van der Waals surface area contributed by atoms with Crippen LogP contribution in [0.15, 0.2) is 24.4 Å². The van der Waals surface area contributed by atoms with Gasteiger partial charge in [0.25, 0.3) is 0 Å². The summed E-state index contributed by atoms with van der Waals surface area (Å²) in [6.45, 7) is 1.13. The Morgan fingerprint density at radius 2 is 2.00 bits per heavy atom. The number of alkyl halides is 3. The fraction of sp³-hybridized carbons (Fsp3) is 0.267. The van der Waals surface area contributed by atoms with Crippen molar-refractivity contribution in [2.75, 3.05) is 17.2 Å². The van der Waals surface area contributed by atoms with Gasteiger partial charge >= 0.3 is 12.1 Å². The molecule has 1 heterocycles. The van der Waals surface area contributed by atoms with E-state index in [1.165, 1.54) is 19.1 Å². The lowest BCUT2D eigenvalue weighted by atomic mass is 10.2. The highest BCUT2D eigenvalue weighted by Gasteiger charge is 2.35. The number of anilines is 3. The molecular formula is C15H13Cl2F3N4O2. The number of hydrogen-bond acceptors (Lipinski definition) is 5. The van der Waals surface area contributed by atoms with Crippen molar-refractivity contribution in [1.29, 1.82) is 0 Å². The van der Waals surface area contributed by atoms with Gasteiger partial charge in [-0.2, -0.15) is 18.2 Å². The van der Waals surface area contributed by atoms with Gasteiger partial charge in [0, 0.05) is 18.4 Å². The number of aliphatic carboxylic acids is 1. The van der Waals surface area contributed by atoms with E-state index in [1.54, 1.807) is 6.07 Å². The van der Waals surface area contributed by atoms with E-state index in [2.05, 4.69) is 20.6 Å². The Morgan fingerprint density at radius 3 is 2.58 bits per heavy atom. The molecule has 2 aromatic rings. The third-order valence-corrected chi connectivity index (χ3v) is 4.01. The Labute approximate surface area is 156 Å². The standard InChI is InChI=1S/C15H13Cl2F3N4O2/c1-7(13(25)26)5-21-12-9(15(18,19)20)6-22-14(24-12)23-8-2-3-10(16)11(17)4-8/h2-4,6-7H,5H2,1H3,(H,25,26)(H2,21,22,23,24). The van der Waals surface area contributed by atoms with E-state index < -0.39 is 29.4 Å². The van der Waals surface area contributed by atoms with Crippen molar-refractivity contribution in [3.8, 4) is 0 Å². The Morgan fingerprint density at radius 1 is 1.31 bits per heavy atom. The van der Waals surface area contributed by atoms with E-state index in [-0.39, 0.29) is 17.5 Å². The SMILES string of the molecule is CC(CNc1nc(Nc2ccc(Cl)c(Cl)c2)ncc1C(F)(F)F)C(=O)O. The third-order valence-electron chi connectivity index (χ3n) is 3.27. The average Bonchev–Trinajstić information content (AvgIpc) is 2.55. The molecule has 140 valence electrons. The van der Waals surface area contributed by atoms with E-state index in [0.717, 1.165) is 0 Å². The highest BCUT2D eigenvalue weighted by atomic mass is 35.5. The van der Waals surface area contributed by atoms with E-state index in [1.807, 2.05) is 0 Å². The first-order valence-corrected chi connectivity index (χ1v) is 7.96. The van der Waals surface area contributed by atoms with Gasteiger partial charge in [-0.3, -0.25) is 4.79 Å². The van der Waals surface area contributed by atoms with Gasteiger partial charge < -0.3 is 15.7 Å². The van der Waals surface area contributed by atoms with Gasteiger partial charge in [-0.25, -0.2) is 4.98 Å². The molecular weight excluding hydrogens is 396 g/mol. The number of carboxylic acid groups (broad SMARTS) is 1. The van der Waals surface area contributed by atoms with Crippen LogP contribution in [0.4, 0.5) is 30.6 Å². The molecule has 0 aliphatic carbocycles. The highest BCUT2D eigenvalue weighted by molar-refractivity contribution is 6.42. The first kappa shape index (κ1) is 20.1. The van der Waals surface area contributed by atoms with Crippen molar-refractivity contribution < 1.29 is 23.1 Å². The average molecular weight is 409 g/mol. The molecule has 0 aliphatic heterocycles. The summed E-state index contributed by atoms with van der Waals surface area (Å²) in [6.07, 6.45) is -4.09. The summed E-state index contributed by atoms with van der Waals surface area (Å²) in [6, 6.07) is 4.52. The second-order valence-electron chi connectivity index (χ2n) is 5.33. The minimum Gasteiger partial charge on any atom is -0.481 e. The summed E-state index contributed by atoms with van der Waals surface area (Å²) < 4.78 is 39.3. The molecule has 0 bridgehead atoms. The van der Waals surface area contributed by atoms with Crippen molar-refractivity contribution in [1.82, 2.24) is 9.97 Å². The van der Waals surface area contributed by atoms with Crippen molar-refractivity contribution in [3.05, 3.63) is 40.0 Å². The molecule has 0 aliphatic rings. The summed E-state index contributed by atoms with van der Waals surface area (Å²) >= 11 is 11.7. The maximum absolute atomic E-state index is 13.1. The van der Waals surface area contributed by atoms with Crippen LogP contribution < -0.4 is 10.6 Å². The largest absolute Gasteiger partial charge is 0.481 e. The van der Waals surface area contributed by atoms with Crippen LogP contribution in [0.3, 0.4) is 0 Å². The molecule has 1 atom stereocenters. The second kappa shape index (κ2) is 7.96. The van der Waals surface area contributed by atoms with Crippen LogP contribution in [0.25, 0.3) is 0 Å². The van der Waals surface area contributed by atoms with Crippen molar-refractivity contribution in [3.63, 3.8) is 0 Å². The summed E-state index contributed by atoms with van der Waals surface area (Å²) in [7, 11) is 0. The monoisotopic (exact) mass is 408 g/mol. The van der Waals surface area contributed by atoms with Crippen LogP contribution in [0.1, 0.15) is 12.5 Å². The zero-order valence-corrected chi connectivity index (χ0v) is 14.7. The molecule has 2 rings (SSSR count). The van der Waals surface area contributed by atoms with Gasteiger partial charge in [0.2, 0.25) is 5.95 Å². The van der Waals surface area contributed by atoms with Gasteiger partial charge in [-0.1, -0.05) is 30.1 Å². The fourth-order valence-corrected chi connectivity index (χ4v) is 2.12. The molecule has 0 fully saturated rings. The molecule has 26 heavy (non-hydrogen) atoms. The smallest absolute Gasteiger partial charge is 0.421 e. The Bertz CT molecular complexity index is 818. The predicted octanol–water partition coefficient (Wildman–Crippen LogP) is 4.68. The van der Waals surface area contributed by atoms with Gasteiger partial charge in [0.05, 0.1) is 16.0 Å². The molecule has 1 unspecified atom stereocenters. The van der Waals surface area contributed by atoms with Crippen LogP contribution in [0.2, 0.25) is 10.0 Å². The Hall–Kier alpha value is -2.26. The fourth-order valence-electron chi connectivity index (χ4n) is 1.82. The first-order chi connectivity index (χ1) is 12.1. The molecule has 3 N–H and O–H groups in total. The Balaban J connectivity index is 2.29. The Kier molecular flexibility index (Phi) is 6.14. The summed E-state index contributed by atoms with van der Waals surface area (Å²) in [5.74, 6) is -2.70. The van der Waals surface area contributed by atoms with E-state index in [4.69, 9.17) is 28.3 Å². The van der Waals surface area contributed by atoms with Gasteiger partial charge in [-0.15, -0.1) is 0 Å². The molecule has 1 aromatic carbocycles. The van der Waals surface area contributed by atoms with Gasteiger partial charge in [-0.05, 0) is 18.2 Å². The highest BCUT2D eigenvalue weighted by Crippen LogP contribution is 2.34. The summed E-state index contributed by atoms with van der Waals surface area (Å²) in [4.78, 5) is 18.3. The number of carboxylic acids is 1. The molecule has 6 nitrogen and oxygen atoms in total. The van der Waals surface area contributed by atoms with Gasteiger partial charge in [0.1, 0.15) is 11.4 Å². The maximum Gasteiger partial charge on any atom is 0.421 e. The normalized spacial score (nSPS) is 12.5. The summed E-state index contributed by atoms with van der Waals surface area (Å²) in [5, 5.41) is 14.5. The number of carbonyl (C=O) groups is 1. The minimum atomic E-state index is -4.70. The molecule has 1 aromatic heterocycles. The molecule has 0 amide bonds. The van der Waals surface area contributed by atoms with Crippen molar-refractivity contribution >= 4 is 46.6 Å². The minimum absolute atomic E-state index is 0.123. The second-order valence-corrected chi connectivity index (χ2v) is 6.14. The van der Waals surface area contributed by atoms with Crippen LogP contribution in [0.5, 0.6) is 0 Å². The number of rotatable bonds is 6. The van der Waals surface area contributed by atoms with Crippen LogP contribution in [-0.2, 0) is 11.0 Å². The molecule has 11 heteroatoms. The predicted molar refractivity (Wildman–Crippen MR) is 92.1 cm³/mol. The summed E-state index contributed by atoms with van der Waals surface area (Å²) in [5.41, 5.74) is -0.682. The van der Waals surface area contributed by atoms with Crippen molar-refractivity contribution in [2.24, 2.45) is 5.92 Å². The van der Waals surface area contributed by atoms with Crippen LogP contribution in [0, 0.1) is 5.92 Å². The third kappa shape index (κ3) is 5.12. The number of nitrogens with zero attached hydrogens (tertiary/aromatic N) is 2. The van der Waals surface area contributed by atoms with E-state index in [0.29, 0.717) is 16.9 Å². The number of halogens is 5. The van der Waals surface area contributed by atoms with Crippen LogP contribution in [-0.4, -0.2) is 27.6 Å². The van der Waals surface area contributed by atoms with E-state index in [9.17, 15) is 18.0 Å². The maximum atomic E-state index is 13.1. The first-order valence-electron chi connectivity index (χ1n) is 7.21. The lowest BCUT2D eigenvalue weighted by Crippen LogP contribution is -2.22. The topological polar surface area (TPSA) is 87.1 Å². The molecule has 0 saturated carbocycles. The van der Waals surface area contributed by atoms with Crippen molar-refractivity contribution in [2.45, 2.75) is 13.1 Å². The molecule has 0 saturated heterocycles. The number of nitrogens with one attached hydrogen (secondary N) is 2. The lowest BCUT2D eigenvalue weighted by molar-refractivity contribution is -0.140. The number of benzene rings is 1. The molecule has 0 radical (unpaired) electrons. The quantitative estimate of drug-likeness (QED) is 0.643. The zero-order valence-electron chi connectivity index (χ0n) is 13.2. The number of aromatic nitrogens is 2. The molecule has 0 spiro atoms. The zero-order chi connectivity index (χ0) is 19.5. The number of hydrogen-bond donors (Lipinski definition) is 3. The van der Waals surface area contributed by atoms with E-state index >= 15 is 0 Å². The lowest BCUT2D eigenvalue weighted by Gasteiger charge is -2.16. The van der Waals surface area contributed by atoms with Crippen LogP contribution >= 0.6 is 23.2 Å².